The maximum atomic E-state index is 10.7. The number of non-ortho nitro benzene ring substituents is 1. The molecule has 0 unspecified atom stereocenters. The summed E-state index contributed by atoms with van der Waals surface area (Å²) in [6, 6.07) is 4.60. The van der Waals surface area contributed by atoms with Gasteiger partial charge in [0, 0.05) is 18.8 Å². The Morgan fingerprint density at radius 3 is 3.00 bits per heavy atom. The van der Waals surface area contributed by atoms with Gasteiger partial charge in [-0.3, -0.25) is 10.1 Å². The van der Waals surface area contributed by atoms with Gasteiger partial charge in [0.25, 0.3) is 5.69 Å². The second-order valence-electron chi connectivity index (χ2n) is 4.16. The van der Waals surface area contributed by atoms with Crippen LogP contribution in [-0.2, 0) is 6.61 Å². The highest BCUT2D eigenvalue weighted by molar-refractivity contribution is 7.15. The molecule has 20 heavy (non-hydrogen) atoms. The van der Waals surface area contributed by atoms with E-state index in [9.17, 15) is 10.1 Å². The van der Waals surface area contributed by atoms with E-state index in [4.69, 9.17) is 4.74 Å². The highest BCUT2D eigenvalue weighted by atomic mass is 32.1. The number of hydrogen-bond acceptors (Lipinski definition) is 6. The molecule has 0 saturated carbocycles. The Morgan fingerprint density at radius 2 is 2.30 bits per heavy atom. The zero-order valence-electron chi connectivity index (χ0n) is 11.3. The van der Waals surface area contributed by atoms with Crippen molar-refractivity contribution in [1.82, 2.24) is 4.98 Å². The molecule has 106 valence electrons. The average molecular weight is 293 g/mol. The molecule has 0 amide bonds. The summed E-state index contributed by atoms with van der Waals surface area (Å²) in [4.78, 5) is 15.5. The molecule has 0 atom stereocenters. The molecule has 0 fully saturated rings. The van der Waals surface area contributed by atoms with Crippen LogP contribution in [0.15, 0.2) is 24.4 Å². The van der Waals surface area contributed by atoms with Crippen LogP contribution in [0, 0.1) is 17.0 Å². The van der Waals surface area contributed by atoms with Crippen molar-refractivity contribution in [3.05, 3.63) is 45.0 Å². The van der Waals surface area contributed by atoms with Crippen LogP contribution >= 0.6 is 11.3 Å². The quantitative estimate of drug-likeness (QED) is 0.652. The van der Waals surface area contributed by atoms with Gasteiger partial charge in [-0.15, -0.1) is 0 Å². The Balaban J connectivity index is 2.05. The molecule has 0 saturated heterocycles. The molecular weight excluding hydrogens is 278 g/mol. The number of rotatable bonds is 6. The van der Waals surface area contributed by atoms with E-state index in [-0.39, 0.29) is 5.69 Å². The van der Waals surface area contributed by atoms with Gasteiger partial charge < -0.3 is 10.1 Å². The molecular formula is C13H15N3O3S. The van der Waals surface area contributed by atoms with Crippen LogP contribution in [-0.4, -0.2) is 16.5 Å². The topological polar surface area (TPSA) is 77.3 Å². The summed E-state index contributed by atoms with van der Waals surface area (Å²) >= 11 is 1.51. The Labute approximate surface area is 120 Å². The van der Waals surface area contributed by atoms with Gasteiger partial charge in [0.2, 0.25) is 0 Å². The van der Waals surface area contributed by atoms with Crippen molar-refractivity contribution in [1.29, 1.82) is 0 Å². The molecule has 7 heteroatoms. The molecule has 1 N–H and O–H groups in total. The molecule has 0 bridgehead atoms. The van der Waals surface area contributed by atoms with Gasteiger partial charge in [-0.25, -0.2) is 4.98 Å². The Morgan fingerprint density at radius 1 is 1.50 bits per heavy atom. The van der Waals surface area contributed by atoms with Crippen LogP contribution in [0.3, 0.4) is 0 Å². The normalized spacial score (nSPS) is 10.3. The number of hydrogen-bond donors (Lipinski definition) is 1. The summed E-state index contributed by atoms with van der Waals surface area (Å²) in [7, 11) is 0. The second-order valence-corrected chi connectivity index (χ2v) is 5.27. The number of ether oxygens (including phenoxy) is 1. The standard InChI is InChI=1S/C13H15N3O3S/c1-3-14-13-15-7-11(20-13)8-19-12-6-10(16(17)18)5-4-9(12)2/h4-7H,3,8H2,1-2H3,(H,14,15). The highest BCUT2D eigenvalue weighted by Gasteiger charge is 2.10. The van der Waals surface area contributed by atoms with Gasteiger partial charge in [0.05, 0.1) is 15.9 Å². The maximum absolute atomic E-state index is 10.7. The van der Waals surface area contributed by atoms with Gasteiger partial charge in [0.1, 0.15) is 12.4 Å². The number of aromatic nitrogens is 1. The Hall–Kier alpha value is -2.15. The minimum absolute atomic E-state index is 0.0308. The minimum Gasteiger partial charge on any atom is -0.487 e. The van der Waals surface area contributed by atoms with Crippen molar-refractivity contribution in [2.75, 3.05) is 11.9 Å². The lowest BCUT2D eigenvalue weighted by molar-refractivity contribution is -0.385. The fourth-order valence-electron chi connectivity index (χ4n) is 1.61. The number of benzene rings is 1. The molecule has 2 aromatic rings. The zero-order chi connectivity index (χ0) is 14.5. The number of nitrogens with one attached hydrogen (secondary N) is 1. The number of nitro groups is 1. The smallest absolute Gasteiger partial charge is 0.273 e. The SMILES string of the molecule is CCNc1ncc(COc2cc([N+](=O)[O-])ccc2C)s1. The van der Waals surface area contributed by atoms with E-state index in [1.54, 1.807) is 12.3 Å². The first-order chi connectivity index (χ1) is 9.60. The van der Waals surface area contributed by atoms with E-state index in [0.717, 1.165) is 22.1 Å². The molecule has 2 rings (SSSR count). The molecule has 6 nitrogen and oxygen atoms in total. The lowest BCUT2D eigenvalue weighted by atomic mass is 10.2. The monoisotopic (exact) mass is 293 g/mol. The van der Waals surface area contributed by atoms with E-state index in [0.29, 0.717) is 12.4 Å². The van der Waals surface area contributed by atoms with Crippen LogP contribution in [0.5, 0.6) is 5.75 Å². The number of thiazole rings is 1. The minimum atomic E-state index is -0.428. The molecule has 1 aromatic heterocycles. The maximum Gasteiger partial charge on any atom is 0.273 e. The molecule has 0 aliphatic heterocycles. The third-order valence-corrected chi connectivity index (χ3v) is 3.56. The lowest BCUT2D eigenvalue weighted by Gasteiger charge is -2.07. The van der Waals surface area contributed by atoms with Gasteiger partial charge >= 0.3 is 0 Å². The van der Waals surface area contributed by atoms with E-state index in [1.165, 1.54) is 23.5 Å². The Bertz CT molecular complexity index is 613. The number of anilines is 1. The van der Waals surface area contributed by atoms with Gasteiger partial charge in [0.15, 0.2) is 5.13 Å². The number of aryl methyl sites for hydroxylation is 1. The van der Waals surface area contributed by atoms with E-state index >= 15 is 0 Å². The summed E-state index contributed by atoms with van der Waals surface area (Å²) in [6.07, 6.45) is 1.75. The second kappa shape index (κ2) is 6.33. The molecule has 0 radical (unpaired) electrons. The van der Waals surface area contributed by atoms with Crippen molar-refractivity contribution in [2.24, 2.45) is 0 Å². The first-order valence-corrected chi connectivity index (χ1v) is 6.98. The van der Waals surface area contributed by atoms with Crippen LogP contribution < -0.4 is 10.1 Å². The lowest BCUT2D eigenvalue weighted by Crippen LogP contribution is -1.96. The fourth-order valence-corrected chi connectivity index (χ4v) is 2.41. The average Bonchev–Trinajstić information content (AvgIpc) is 2.86. The summed E-state index contributed by atoms with van der Waals surface area (Å²) in [5.74, 6) is 0.526. The first kappa shape index (κ1) is 14.3. The van der Waals surface area contributed by atoms with Crippen LogP contribution in [0.4, 0.5) is 10.8 Å². The zero-order valence-corrected chi connectivity index (χ0v) is 12.1. The van der Waals surface area contributed by atoms with E-state index in [2.05, 4.69) is 10.3 Å². The summed E-state index contributed by atoms with van der Waals surface area (Å²) in [5.41, 5.74) is 0.898. The number of nitro benzene ring substituents is 1. The predicted octanol–water partition coefficient (Wildman–Crippen LogP) is 3.37. The number of nitrogens with zero attached hydrogens (tertiary/aromatic N) is 2. The molecule has 0 spiro atoms. The highest BCUT2D eigenvalue weighted by Crippen LogP contribution is 2.26. The van der Waals surface area contributed by atoms with Gasteiger partial charge in [-0.05, 0) is 25.5 Å². The van der Waals surface area contributed by atoms with Crippen molar-refractivity contribution < 1.29 is 9.66 Å². The molecule has 1 heterocycles. The van der Waals surface area contributed by atoms with Crippen LogP contribution in [0.25, 0.3) is 0 Å². The van der Waals surface area contributed by atoms with Crippen molar-refractivity contribution >= 4 is 22.2 Å². The van der Waals surface area contributed by atoms with Gasteiger partial charge in [-0.1, -0.05) is 11.3 Å². The fraction of sp³-hybridized carbons (Fsp3) is 0.308. The molecule has 1 aromatic carbocycles. The van der Waals surface area contributed by atoms with Crippen molar-refractivity contribution in [3.8, 4) is 5.75 Å². The molecule has 0 aliphatic carbocycles. The molecule has 0 aliphatic rings. The van der Waals surface area contributed by atoms with Crippen molar-refractivity contribution in [3.63, 3.8) is 0 Å². The van der Waals surface area contributed by atoms with Gasteiger partial charge in [-0.2, -0.15) is 0 Å². The first-order valence-electron chi connectivity index (χ1n) is 6.16. The van der Waals surface area contributed by atoms with E-state index in [1.807, 2.05) is 13.8 Å². The summed E-state index contributed by atoms with van der Waals surface area (Å²) in [5, 5.41) is 14.7. The Kier molecular flexibility index (Phi) is 4.52. The van der Waals surface area contributed by atoms with E-state index < -0.39 is 4.92 Å². The summed E-state index contributed by atoms with van der Waals surface area (Å²) in [6.45, 7) is 5.03. The van der Waals surface area contributed by atoms with Crippen LogP contribution in [0.2, 0.25) is 0 Å². The summed E-state index contributed by atoms with van der Waals surface area (Å²) < 4.78 is 5.64. The predicted molar refractivity (Wildman–Crippen MR) is 78.4 cm³/mol. The van der Waals surface area contributed by atoms with Crippen molar-refractivity contribution in [2.45, 2.75) is 20.5 Å². The third kappa shape index (κ3) is 3.45. The largest absolute Gasteiger partial charge is 0.487 e. The van der Waals surface area contributed by atoms with Crippen LogP contribution in [0.1, 0.15) is 17.4 Å². The third-order valence-electron chi connectivity index (χ3n) is 2.63.